The van der Waals surface area contributed by atoms with Gasteiger partial charge >= 0.3 is 9.28 Å². The molecule has 0 bridgehead atoms. The van der Waals surface area contributed by atoms with Crippen molar-refractivity contribution >= 4 is 9.28 Å². The number of hydrogen-bond acceptors (Lipinski definition) is 2. The average Bonchev–Trinajstić information content (AvgIpc) is 2.04. The monoisotopic (exact) mass is 196 g/mol. The third-order valence-electron chi connectivity index (χ3n) is 1.73. The molecule has 0 aliphatic rings. The lowest BCUT2D eigenvalue weighted by atomic mass is 10.3. The van der Waals surface area contributed by atoms with Crippen molar-refractivity contribution < 1.29 is 9.22 Å². The molecule has 2 nitrogen and oxygen atoms in total. The molecule has 1 N–H and O–H groups in total. The van der Waals surface area contributed by atoms with Crippen LogP contribution in [-0.2, 0) is 0 Å². The number of para-hydroxylation sites is 1. The molecule has 0 heterocycles. The van der Waals surface area contributed by atoms with Gasteiger partial charge in [0.15, 0.2) is 0 Å². The molecule has 0 saturated carbocycles. The molecule has 0 amide bonds. The van der Waals surface area contributed by atoms with E-state index in [0.717, 1.165) is 5.75 Å². The fourth-order valence-electron chi connectivity index (χ4n) is 0.805. The molecule has 0 aliphatic carbocycles. The molecule has 72 valence electrons. The van der Waals surface area contributed by atoms with Crippen LogP contribution in [0.4, 0.5) is 0 Å². The van der Waals surface area contributed by atoms with E-state index in [9.17, 15) is 4.80 Å². The smallest absolute Gasteiger partial charge is 0.385 e. The van der Waals surface area contributed by atoms with E-state index in [4.69, 9.17) is 4.43 Å². The summed E-state index contributed by atoms with van der Waals surface area (Å²) in [6.07, 6.45) is 0. The summed E-state index contributed by atoms with van der Waals surface area (Å²) in [5, 5.41) is -0.115. The van der Waals surface area contributed by atoms with Crippen LogP contribution < -0.4 is 4.43 Å². The summed E-state index contributed by atoms with van der Waals surface area (Å²) in [7, 11) is -2.12. The van der Waals surface area contributed by atoms with Crippen LogP contribution in [0.25, 0.3) is 0 Å². The Kier molecular flexibility index (Phi) is 3.11. The summed E-state index contributed by atoms with van der Waals surface area (Å²) in [5.41, 5.74) is 0. The van der Waals surface area contributed by atoms with Crippen molar-refractivity contribution in [3.8, 4) is 5.75 Å². The van der Waals surface area contributed by atoms with Crippen LogP contribution in [0.3, 0.4) is 0 Å². The molecule has 0 fully saturated rings. The molecule has 3 heteroatoms. The standard InChI is InChI=1S/C10H16O2Si/c1-10(2,3)13(11)12-9-7-5-4-6-8-9/h4-8,11,13H,1-3H3. The Bertz CT molecular complexity index is 253. The first-order valence-electron chi connectivity index (χ1n) is 4.40. The van der Waals surface area contributed by atoms with Crippen LogP contribution in [-0.4, -0.2) is 14.1 Å². The van der Waals surface area contributed by atoms with Gasteiger partial charge in [-0.2, -0.15) is 0 Å². The van der Waals surface area contributed by atoms with Crippen LogP contribution in [0.5, 0.6) is 5.75 Å². The van der Waals surface area contributed by atoms with Gasteiger partial charge in [0.05, 0.1) is 0 Å². The van der Waals surface area contributed by atoms with Crippen LogP contribution >= 0.6 is 0 Å². The first-order valence-corrected chi connectivity index (χ1v) is 5.96. The van der Waals surface area contributed by atoms with Gasteiger partial charge in [-0.25, -0.2) is 0 Å². The van der Waals surface area contributed by atoms with Crippen molar-refractivity contribution in [2.45, 2.75) is 25.8 Å². The van der Waals surface area contributed by atoms with Crippen molar-refractivity contribution in [3.05, 3.63) is 30.3 Å². The fourth-order valence-corrected chi connectivity index (χ4v) is 1.57. The Labute approximate surface area is 81.0 Å². The minimum Gasteiger partial charge on any atom is -0.522 e. The van der Waals surface area contributed by atoms with Gasteiger partial charge in [0, 0.05) is 5.04 Å². The van der Waals surface area contributed by atoms with Gasteiger partial charge in [0.1, 0.15) is 5.75 Å². The Morgan fingerprint density at radius 1 is 1.15 bits per heavy atom. The van der Waals surface area contributed by atoms with Crippen LogP contribution in [0.1, 0.15) is 20.8 Å². The molecule has 1 unspecified atom stereocenters. The lowest BCUT2D eigenvalue weighted by molar-refractivity contribution is 0.371. The number of rotatable bonds is 2. The summed E-state index contributed by atoms with van der Waals surface area (Å²) >= 11 is 0. The highest BCUT2D eigenvalue weighted by Gasteiger charge is 2.27. The highest BCUT2D eigenvalue weighted by atomic mass is 28.3. The average molecular weight is 196 g/mol. The molecular formula is C10H16O2Si. The lowest BCUT2D eigenvalue weighted by Crippen LogP contribution is -2.32. The maximum atomic E-state index is 9.76. The van der Waals surface area contributed by atoms with Gasteiger partial charge in [-0.05, 0) is 12.1 Å². The summed E-state index contributed by atoms with van der Waals surface area (Å²) in [6.45, 7) is 5.98. The van der Waals surface area contributed by atoms with Crippen LogP contribution in [0.15, 0.2) is 30.3 Å². The summed E-state index contributed by atoms with van der Waals surface area (Å²) in [6, 6.07) is 9.46. The Morgan fingerprint density at radius 3 is 2.15 bits per heavy atom. The molecule has 0 aromatic heterocycles. The largest absolute Gasteiger partial charge is 0.522 e. The molecule has 0 spiro atoms. The summed E-state index contributed by atoms with van der Waals surface area (Å²) < 4.78 is 5.47. The number of hydrogen-bond donors (Lipinski definition) is 1. The summed E-state index contributed by atoms with van der Waals surface area (Å²) in [4.78, 5) is 9.76. The Balaban J connectivity index is 2.61. The van der Waals surface area contributed by atoms with Crippen LogP contribution in [0.2, 0.25) is 5.04 Å². The first-order chi connectivity index (χ1) is 6.00. The van der Waals surface area contributed by atoms with Gasteiger partial charge in [-0.15, -0.1) is 0 Å². The third kappa shape index (κ3) is 3.20. The number of benzene rings is 1. The van der Waals surface area contributed by atoms with Crippen molar-refractivity contribution in [1.82, 2.24) is 0 Å². The molecule has 1 atom stereocenters. The molecule has 1 aromatic rings. The maximum Gasteiger partial charge on any atom is 0.385 e. The summed E-state index contributed by atoms with van der Waals surface area (Å²) in [5.74, 6) is 0.761. The normalized spacial score (nSPS) is 13.8. The van der Waals surface area contributed by atoms with E-state index < -0.39 is 9.28 Å². The predicted molar refractivity (Wildman–Crippen MR) is 56.2 cm³/mol. The lowest BCUT2D eigenvalue weighted by Gasteiger charge is -2.23. The molecule has 0 aliphatic heterocycles. The Hall–Kier alpha value is -0.803. The van der Waals surface area contributed by atoms with Crippen molar-refractivity contribution in [2.24, 2.45) is 0 Å². The Morgan fingerprint density at radius 2 is 1.69 bits per heavy atom. The highest BCUT2D eigenvalue weighted by Crippen LogP contribution is 2.26. The van der Waals surface area contributed by atoms with E-state index in [1.807, 2.05) is 51.1 Å². The highest BCUT2D eigenvalue weighted by molar-refractivity contribution is 6.47. The first kappa shape index (κ1) is 10.3. The van der Waals surface area contributed by atoms with Crippen molar-refractivity contribution in [3.63, 3.8) is 0 Å². The van der Waals surface area contributed by atoms with E-state index in [-0.39, 0.29) is 5.04 Å². The van der Waals surface area contributed by atoms with E-state index in [0.29, 0.717) is 0 Å². The van der Waals surface area contributed by atoms with Gasteiger partial charge in [0.25, 0.3) is 0 Å². The van der Waals surface area contributed by atoms with E-state index in [2.05, 4.69) is 0 Å². The predicted octanol–water partition coefficient (Wildman–Crippen LogP) is 2.08. The molecule has 0 radical (unpaired) electrons. The minimum absolute atomic E-state index is 0.115. The maximum absolute atomic E-state index is 9.76. The topological polar surface area (TPSA) is 29.5 Å². The minimum atomic E-state index is -2.12. The second-order valence-electron chi connectivity index (χ2n) is 4.15. The van der Waals surface area contributed by atoms with Gasteiger partial charge in [-0.3, -0.25) is 0 Å². The van der Waals surface area contributed by atoms with E-state index in [1.54, 1.807) is 0 Å². The van der Waals surface area contributed by atoms with Crippen molar-refractivity contribution in [1.29, 1.82) is 0 Å². The third-order valence-corrected chi connectivity index (χ3v) is 3.71. The van der Waals surface area contributed by atoms with Gasteiger partial charge in [-0.1, -0.05) is 39.0 Å². The quantitative estimate of drug-likeness (QED) is 0.734. The van der Waals surface area contributed by atoms with Gasteiger partial charge < -0.3 is 9.22 Å². The second kappa shape index (κ2) is 3.94. The molecule has 13 heavy (non-hydrogen) atoms. The zero-order valence-corrected chi connectivity index (χ0v) is 9.47. The molecule has 0 saturated heterocycles. The molecular weight excluding hydrogens is 180 g/mol. The SMILES string of the molecule is CC(C)(C)[SiH](O)Oc1ccccc1. The van der Waals surface area contributed by atoms with Crippen LogP contribution in [0, 0.1) is 0 Å². The molecule has 1 aromatic carbocycles. The molecule has 1 rings (SSSR count). The zero-order valence-electron chi connectivity index (χ0n) is 8.32. The zero-order chi connectivity index (χ0) is 9.90. The fraction of sp³-hybridized carbons (Fsp3) is 0.400. The van der Waals surface area contributed by atoms with E-state index in [1.165, 1.54) is 0 Å². The van der Waals surface area contributed by atoms with Gasteiger partial charge in [0.2, 0.25) is 0 Å². The second-order valence-corrected chi connectivity index (χ2v) is 6.82. The van der Waals surface area contributed by atoms with Crippen molar-refractivity contribution in [2.75, 3.05) is 0 Å². The van der Waals surface area contributed by atoms with E-state index >= 15 is 0 Å².